The molecule has 17 heavy (non-hydrogen) atoms. The van der Waals surface area contributed by atoms with E-state index in [1.54, 1.807) is 6.92 Å². The topological polar surface area (TPSA) is 60.4 Å². The van der Waals surface area contributed by atoms with E-state index < -0.39 is 5.97 Å². The van der Waals surface area contributed by atoms with Crippen molar-refractivity contribution in [2.75, 3.05) is 6.61 Å². The lowest BCUT2D eigenvalue weighted by Crippen LogP contribution is -2.10. The predicted molar refractivity (Wildman–Crippen MR) is 62.3 cm³/mol. The average molecular weight is 238 g/mol. The Morgan fingerprint density at radius 2 is 1.94 bits per heavy atom. The number of hydrogen-bond donors (Lipinski definition) is 0. The highest BCUT2D eigenvalue weighted by molar-refractivity contribution is 6.00. The van der Waals surface area contributed by atoms with E-state index in [2.05, 4.69) is 6.58 Å². The van der Waals surface area contributed by atoms with Crippen LogP contribution >= 0.6 is 0 Å². The second-order valence-corrected chi connectivity index (χ2v) is 4.65. The molecule has 0 N–H and O–H groups in total. The highest BCUT2D eigenvalue weighted by Crippen LogP contribution is 2.42. The molecule has 0 radical (unpaired) electrons. The van der Waals surface area contributed by atoms with Gasteiger partial charge in [-0.2, -0.15) is 0 Å². The quantitative estimate of drug-likeness (QED) is 0.384. The van der Waals surface area contributed by atoms with Crippen molar-refractivity contribution in [3.63, 3.8) is 0 Å². The number of ether oxygens (including phenoxy) is 1. The molecule has 1 saturated carbocycles. The Labute approximate surface area is 101 Å². The molecular weight excluding hydrogens is 220 g/mol. The minimum absolute atomic E-state index is 0.00225. The number of carbonyl (C=O) groups is 3. The molecule has 4 heteroatoms. The molecule has 1 fully saturated rings. The van der Waals surface area contributed by atoms with Gasteiger partial charge in [0.05, 0.1) is 13.0 Å². The third-order valence-corrected chi connectivity index (χ3v) is 2.83. The monoisotopic (exact) mass is 238 g/mol. The third-order valence-electron chi connectivity index (χ3n) is 2.83. The van der Waals surface area contributed by atoms with Gasteiger partial charge in [-0.25, -0.2) is 4.79 Å². The van der Waals surface area contributed by atoms with Gasteiger partial charge in [0.25, 0.3) is 0 Å². The predicted octanol–water partition coefficient (Wildman–Crippen LogP) is 1.68. The fraction of sp³-hybridized carbons (Fsp3) is 0.615. The Hall–Kier alpha value is -1.45. The van der Waals surface area contributed by atoms with E-state index in [1.807, 2.05) is 0 Å². The zero-order valence-electron chi connectivity index (χ0n) is 10.3. The van der Waals surface area contributed by atoms with Gasteiger partial charge in [-0.05, 0) is 32.6 Å². The van der Waals surface area contributed by atoms with Crippen LogP contribution in [0.15, 0.2) is 12.2 Å². The lowest BCUT2D eigenvalue weighted by Gasteiger charge is -2.03. The van der Waals surface area contributed by atoms with Crippen LogP contribution in [0, 0.1) is 11.8 Å². The van der Waals surface area contributed by atoms with E-state index in [0.29, 0.717) is 18.6 Å². The van der Waals surface area contributed by atoms with E-state index in [4.69, 9.17) is 4.74 Å². The average Bonchev–Trinajstić information content (AvgIpc) is 2.95. The molecule has 94 valence electrons. The van der Waals surface area contributed by atoms with Crippen molar-refractivity contribution in [3.8, 4) is 0 Å². The molecule has 1 aliphatic carbocycles. The number of rotatable bonds is 7. The van der Waals surface area contributed by atoms with Gasteiger partial charge >= 0.3 is 5.97 Å². The van der Waals surface area contributed by atoms with Crippen molar-refractivity contribution in [1.29, 1.82) is 0 Å². The van der Waals surface area contributed by atoms with E-state index in [0.717, 1.165) is 6.42 Å². The summed E-state index contributed by atoms with van der Waals surface area (Å²) in [6.07, 6.45) is 1.54. The molecule has 4 nitrogen and oxygen atoms in total. The molecule has 0 aromatic carbocycles. The summed E-state index contributed by atoms with van der Waals surface area (Å²) >= 11 is 0. The molecule has 0 aliphatic heterocycles. The Bertz CT molecular complexity index is 356. The molecule has 1 rings (SSSR count). The van der Waals surface area contributed by atoms with Crippen LogP contribution in [-0.2, 0) is 19.1 Å². The highest BCUT2D eigenvalue weighted by Gasteiger charge is 2.42. The normalized spacial score (nSPS) is 21.8. The first-order valence-electron chi connectivity index (χ1n) is 5.76. The second kappa shape index (κ2) is 5.75. The molecule has 0 aromatic heterocycles. The van der Waals surface area contributed by atoms with Crippen molar-refractivity contribution >= 4 is 17.5 Å². The number of Topliss-reactive ketones (excluding diaryl/α,β-unsaturated/α-hetero) is 2. The van der Waals surface area contributed by atoms with Crippen LogP contribution in [0.3, 0.4) is 0 Å². The molecular formula is C13H18O4. The maximum absolute atomic E-state index is 11.5. The van der Waals surface area contributed by atoms with Crippen molar-refractivity contribution in [3.05, 3.63) is 12.2 Å². The standard InChI is InChI=1S/C13H18O4/c1-8(2)13(16)17-5-4-10-7-11(10)12(15)6-9(3)14/h10-11H,1,4-7H2,2-3H3/t10?,11-/m0/s1. The summed E-state index contributed by atoms with van der Waals surface area (Å²) in [5.41, 5.74) is 0.380. The molecule has 0 saturated heterocycles. The maximum atomic E-state index is 11.5. The summed E-state index contributed by atoms with van der Waals surface area (Å²) in [7, 11) is 0. The molecule has 0 aromatic rings. The molecule has 0 heterocycles. The first-order chi connectivity index (χ1) is 7.91. The van der Waals surface area contributed by atoms with Crippen molar-refractivity contribution < 1.29 is 19.1 Å². The van der Waals surface area contributed by atoms with Crippen molar-refractivity contribution in [2.45, 2.75) is 33.1 Å². The van der Waals surface area contributed by atoms with Crippen LogP contribution in [0.2, 0.25) is 0 Å². The molecule has 0 bridgehead atoms. The van der Waals surface area contributed by atoms with Crippen LogP contribution in [0.1, 0.15) is 33.1 Å². The summed E-state index contributed by atoms with van der Waals surface area (Å²) in [5, 5.41) is 0. The van der Waals surface area contributed by atoms with Crippen molar-refractivity contribution in [2.24, 2.45) is 11.8 Å². The number of carbonyl (C=O) groups excluding carboxylic acids is 3. The van der Waals surface area contributed by atoms with Crippen molar-refractivity contribution in [1.82, 2.24) is 0 Å². The summed E-state index contributed by atoms with van der Waals surface area (Å²) in [4.78, 5) is 33.3. The molecule has 1 aliphatic rings. The lowest BCUT2D eigenvalue weighted by molar-refractivity contribution is -0.139. The van der Waals surface area contributed by atoms with E-state index in [1.165, 1.54) is 6.92 Å². The Morgan fingerprint density at radius 3 is 2.47 bits per heavy atom. The van der Waals surface area contributed by atoms with Gasteiger partial charge in [0.2, 0.25) is 0 Å². The van der Waals surface area contributed by atoms with E-state index >= 15 is 0 Å². The Balaban J connectivity index is 2.16. The van der Waals surface area contributed by atoms with E-state index in [-0.39, 0.29) is 29.8 Å². The number of ketones is 2. The van der Waals surface area contributed by atoms with E-state index in [9.17, 15) is 14.4 Å². The summed E-state index contributed by atoms with van der Waals surface area (Å²) in [6, 6.07) is 0. The van der Waals surface area contributed by atoms with Crippen LogP contribution in [0.5, 0.6) is 0 Å². The summed E-state index contributed by atoms with van der Waals surface area (Å²) in [5.74, 6) is -0.178. The smallest absolute Gasteiger partial charge is 0.333 e. The highest BCUT2D eigenvalue weighted by atomic mass is 16.5. The van der Waals surface area contributed by atoms with Gasteiger partial charge in [0.1, 0.15) is 11.6 Å². The maximum Gasteiger partial charge on any atom is 0.333 e. The van der Waals surface area contributed by atoms with Gasteiger partial charge < -0.3 is 4.74 Å². The van der Waals surface area contributed by atoms with Gasteiger partial charge in [-0.3, -0.25) is 9.59 Å². The van der Waals surface area contributed by atoms with Gasteiger partial charge in [-0.1, -0.05) is 6.58 Å². The van der Waals surface area contributed by atoms with Crippen LogP contribution in [0.4, 0.5) is 0 Å². The molecule has 1 unspecified atom stereocenters. The largest absolute Gasteiger partial charge is 0.462 e. The Kier molecular flexibility index (Phi) is 4.61. The lowest BCUT2D eigenvalue weighted by atomic mass is 10.1. The summed E-state index contributed by atoms with van der Waals surface area (Å²) in [6.45, 7) is 6.81. The first kappa shape index (κ1) is 13.6. The fourth-order valence-electron chi connectivity index (χ4n) is 1.76. The van der Waals surface area contributed by atoms with Crippen LogP contribution in [-0.4, -0.2) is 24.1 Å². The molecule has 2 atom stereocenters. The van der Waals surface area contributed by atoms with Crippen LogP contribution in [0.25, 0.3) is 0 Å². The van der Waals surface area contributed by atoms with Gasteiger partial charge in [0.15, 0.2) is 0 Å². The minimum Gasteiger partial charge on any atom is -0.462 e. The van der Waals surface area contributed by atoms with Gasteiger partial charge in [-0.15, -0.1) is 0 Å². The third kappa shape index (κ3) is 4.51. The zero-order valence-corrected chi connectivity index (χ0v) is 10.3. The van der Waals surface area contributed by atoms with Gasteiger partial charge in [0, 0.05) is 11.5 Å². The SMILES string of the molecule is C=C(C)C(=O)OCCC1C[C@@H]1C(=O)CC(C)=O. The Morgan fingerprint density at radius 1 is 1.29 bits per heavy atom. The summed E-state index contributed by atoms with van der Waals surface area (Å²) < 4.78 is 4.95. The van der Waals surface area contributed by atoms with Crippen LogP contribution < -0.4 is 0 Å². The first-order valence-corrected chi connectivity index (χ1v) is 5.76. The second-order valence-electron chi connectivity index (χ2n) is 4.65. The molecule has 0 amide bonds. The minimum atomic E-state index is -0.391. The molecule has 0 spiro atoms. The number of hydrogen-bond acceptors (Lipinski definition) is 4. The number of esters is 1. The fourth-order valence-corrected chi connectivity index (χ4v) is 1.76. The zero-order chi connectivity index (χ0) is 13.0.